The molecule has 0 atom stereocenters. The number of hydrogen-bond donors (Lipinski definition) is 0. The number of benzene rings is 9. The Labute approximate surface area is 329 Å². The molecule has 4 nitrogen and oxygen atoms in total. The molecule has 13 rings (SSSR count). The van der Waals surface area contributed by atoms with Crippen molar-refractivity contribution >= 4 is 108 Å². The summed E-state index contributed by atoms with van der Waals surface area (Å²) in [5.74, 6) is 0.639. The number of furan rings is 1. The Hall–Kier alpha value is -7.34. The molecule has 0 saturated heterocycles. The van der Waals surface area contributed by atoms with Crippen molar-refractivity contribution < 1.29 is 4.42 Å². The van der Waals surface area contributed by atoms with Gasteiger partial charge in [-0.05, 0) is 39.1 Å². The van der Waals surface area contributed by atoms with E-state index in [1.54, 1.807) is 11.3 Å². The molecule has 0 aliphatic heterocycles. The van der Waals surface area contributed by atoms with Gasteiger partial charge in [0.25, 0.3) is 0 Å². The Kier molecular flexibility index (Phi) is 6.29. The molecule has 9 aromatic carbocycles. The number of rotatable bonds is 3. The third-order valence-electron chi connectivity index (χ3n) is 11.8. The minimum Gasteiger partial charge on any atom is -0.455 e. The Balaban J connectivity index is 1.25. The van der Waals surface area contributed by atoms with Crippen LogP contribution in [0.15, 0.2) is 180 Å². The summed E-state index contributed by atoms with van der Waals surface area (Å²) in [4.78, 5) is 11.2. The highest BCUT2D eigenvalue weighted by Crippen LogP contribution is 2.48. The highest BCUT2D eigenvalue weighted by atomic mass is 32.1. The number of fused-ring (bicyclic) bond motifs is 16. The number of thiophene rings is 1. The van der Waals surface area contributed by atoms with Crippen molar-refractivity contribution in [3.8, 4) is 28.3 Å². The molecule has 0 radical (unpaired) electrons. The summed E-state index contributed by atoms with van der Waals surface area (Å²) < 4.78 is 11.5. The molecular formula is C52H29N3OS. The lowest BCUT2D eigenvalue weighted by Crippen LogP contribution is -2.04. The van der Waals surface area contributed by atoms with Gasteiger partial charge in [-0.2, -0.15) is 0 Å². The first-order chi connectivity index (χ1) is 28.3. The molecule has 0 bridgehead atoms. The minimum absolute atomic E-state index is 0.639. The summed E-state index contributed by atoms with van der Waals surface area (Å²) in [6, 6.07) is 62.8. The van der Waals surface area contributed by atoms with Gasteiger partial charge in [-0.15, -0.1) is 11.3 Å². The standard InChI is InChI=1S/C52H29N3OS/c1-2-15-31(16-3-1)46-51-47(39-22-10-11-27-43(39)57-51)54-52(53-46)55-48-37(38-24-13-26-41-44-32-17-5-4-14-30(32)28-29-42(44)56-50(38)41)23-12-25-40(48)45-35-20-8-6-18-33(35)34-19-7-9-21-36(34)49(45)55/h1-29H. The van der Waals surface area contributed by atoms with Crippen LogP contribution < -0.4 is 0 Å². The molecule has 0 fully saturated rings. The minimum atomic E-state index is 0.639. The fourth-order valence-corrected chi connectivity index (χ4v) is 10.5. The van der Waals surface area contributed by atoms with E-state index in [0.29, 0.717) is 5.95 Å². The molecule has 4 heterocycles. The van der Waals surface area contributed by atoms with E-state index < -0.39 is 0 Å². The van der Waals surface area contributed by atoms with Crippen molar-refractivity contribution in [1.29, 1.82) is 0 Å². The van der Waals surface area contributed by atoms with Gasteiger partial charge in [0.05, 0.1) is 26.9 Å². The van der Waals surface area contributed by atoms with E-state index >= 15 is 0 Å². The molecule has 5 heteroatoms. The summed E-state index contributed by atoms with van der Waals surface area (Å²) in [7, 11) is 0. The fraction of sp³-hybridized carbons (Fsp3) is 0. The SMILES string of the molecule is c1ccc(-c2nc(-n3c4c(-c5cccc6c5oc5ccc7ccccc7c56)cccc4c4c5ccccc5c5ccccc5c43)nc3c2sc2ccccc23)cc1. The van der Waals surface area contributed by atoms with Gasteiger partial charge in [-0.1, -0.05) is 164 Å². The third kappa shape index (κ3) is 4.26. The molecule has 0 unspecified atom stereocenters. The van der Waals surface area contributed by atoms with E-state index in [0.717, 1.165) is 81.7 Å². The zero-order valence-corrected chi connectivity index (χ0v) is 31.2. The maximum atomic E-state index is 6.89. The van der Waals surface area contributed by atoms with Crippen LogP contribution in [0.3, 0.4) is 0 Å². The van der Waals surface area contributed by atoms with Crippen LogP contribution in [0.5, 0.6) is 0 Å². The van der Waals surface area contributed by atoms with Crippen LogP contribution in [-0.2, 0) is 0 Å². The van der Waals surface area contributed by atoms with Gasteiger partial charge in [0, 0.05) is 53.7 Å². The van der Waals surface area contributed by atoms with Crippen molar-refractivity contribution in [3.63, 3.8) is 0 Å². The van der Waals surface area contributed by atoms with Gasteiger partial charge in [-0.25, -0.2) is 9.97 Å². The van der Waals surface area contributed by atoms with Crippen molar-refractivity contribution in [2.75, 3.05) is 0 Å². The molecule has 13 aromatic rings. The normalized spacial score (nSPS) is 12.2. The lowest BCUT2D eigenvalue weighted by Gasteiger charge is -2.14. The molecule has 0 aliphatic carbocycles. The van der Waals surface area contributed by atoms with Gasteiger partial charge in [0.15, 0.2) is 0 Å². The Morgan fingerprint density at radius 1 is 0.439 bits per heavy atom. The van der Waals surface area contributed by atoms with E-state index in [1.807, 2.05) is 0 Å². The second-order valence-corrected chi connectivity index (χ2v) is 15.9. The summed E-state index contributed by atoms with van der Waals surface area (Å²) in [5, 5.41) is 12.9. The van der Waals surface area contributed by atoms with Gasteiger partial charge < -0.3 is 4.42 Å². The van der Waals surface area contributed by atoms with Crippen molar-refractivity contribution in [1.82, 2.24) is 14.5 Å². The van der Waals surface area contributed by atoms with Gasteiger partial charge in [0.2, 0.25) is 5.95 Å². The topological polar surface area (TPSA) is 43.9 Å². The van der Waals surface area contributed by atoms with E-state index in [1.165, 1.54) is 37.0 Å². The zero-order chi connectivity index (χ0) is 37.2. The maximum absolute atomic E-state index is 6.89. The second-order valence-electron chi connectivity index (χ2n) is 14.8. The molecule has 57 heavy (non-hydrogen) atoms. The van der Waals surface area contributed by atoms with E-state index in [4.69, 9.17) is 14.4 Å². The molecular weight excluding hydrogens is 715 g/mol. The van der Waals surface area contributed by atoms with Crippen molar-refractivity contribution in [3.05, 3.63) is 176 Å². The average molecular weight is 744 g/mol. The van der Waals surface area contributed by atoms with Crippen LogP contribution in [0, 0.1) is 0 Å². The van der Waals surface area contributed by atoms with Crippen LogP contribution in [0.25, 0.3) is 125 Å². The van der Waals surface area contributed by atoms with Crippen LogP contribution >= 0.6 is 11.3 Å². The molecule has 264 valence electrons. The third-order valence-corrected chi connectivity index (χ3v) is 13.0. The predicted octanol–water partition coefficient (Wildman–Crippen LogP) is 14.6. The molecule has 4 aromatic heterocycles. The Bertz CT molecular complexity index is 3820. The Morgan fingerprint density at radius 2 is 1.09 bits per heavy atom. The second kappa shape index (κ2) is 11.6. The lowest BCUT2D eigenvalue weighted by atomic mass is 9.95. The van der Waals surface area contributed by atoms with Crippen LogP contribution in [-0.4, -0.2) is 14.5 Å². The average Bonchev–Trinajstić information content (AvgIpc) is 3.97. The summed E-state index contributed by atoms with van der Waals surface area (Å²) >= 11 is 1.76. The van der Waals surface area contributed by atoms with E-state index in [9.17, 15) is 0 Å². The van der Waals surface area contributed by atoms with Crippen molar-refractivity contribution in [2.45, 2.75) is 0 Å². The fourth-order valence-electron chi connectivity index (χ4n) is 9.39. The number of nitrogens with zero attached hydrogens (tertiary/aromatic N) is 3. The highest BCUT2D eigenvalue weighted by molar-refractivity contribution is 7.26. The first kappa shape index (κ1) is 30.9. The van der Waals surface area contributed by atoms with Crippen LogP contribution in [0.1, 0.15) is 0 Å². The first-order valence-corrected chi connectivity index (χ1v) is 20.1. The summed E-state index contributed by atoms with van der Waals surface area (Å²) in [6.45, 7) is 0. The summed E-state index contributed by atoms with van der Waals surface area (Å²) in [5.41, 5.74) is 8.93. The van der Waals surface area contributed by atoms with Gasteiger partial charge >= 0.3 is 0 Å². The predicted molar refractivity (Wildman–Crippen MR) is 240 cm³/mol. The lowest BCUT2D eigenvalue weighted by molar-refractivity contribution is 0.670. The van der Waals surface area contributed by atoms with Crippen LogP contribution in [0.2, 0.25) is 0 Å². The smallest absolute Gasteiger partial charge is 0.235 e. The maximum Gasteiger partial charge on any atom is 0.235 e. The van der Waals surface area contributed by atoms with Crippen molar-refractivity contribution in [2.24, 2.45) is 0 Å². The molecule has 0 N–H and O–H groups in total. The number of para-hydroxylation sites is 2. The molecule has 0 aliphatic rings. The summed E-state index contributed by atoms with van der Waals surface area (Å²) in [6.07, 6.45) is 0. The first-order valence-electron chi connectivity index (χ1n) is 19.3. The van der Waals surface area contributed by atoms with Gasteiger partial charge in [-0.3, -0.25) is 4.57 Å². The highest BCUT2D eigenvalue weighted by Gasteiger charge is 2.26. The number of hydrogen-bond acceptors (Lipinski definition) is 4. The quantitative estimate of drug-likeness (QED) is 0.169. The van der Waals surface area contributed by atoms with E-state index in [2.05, 4.69) is 180 Å². The van der Waals surface area contributed by atoms with E-state index in [-0.39, 0.29) is 0 Å². The molecule has 0 amide bonds. The largest absolute Gasteiger partial charge is 0.455 e. The van der Waals surface area contributed by atoms with Crippen LogP contribution in [0.4, 0.5) is 0 Å². The van der Waals surface area contributed by atoms with Gasteiger partial charge in [0.1, 0.15) is 11.2 Å². The molecule has 0 spiro atoms. The zero-order valence-electron chi connectivity index (χ0n) is 30.4. The Morgan fingerprint density at radius 3 is 1.93 bits per heavy atom. The monoisotopic (exact) mass is 743 g/mol. The molecule has 0 saturated carbocycles. The number of aromatic nitrogens is 3.